The van der Waals surface area contributed by atoms with Crippen LogP contribution in [0.25, 0.3) is 21.9 Å². The van der Waals surface area contributed by atoms with Crippen LogP contribution in [-0.2, 0) is 6.54 Å². The Morgan fingerprint density at radius 3 is 2.57 bits per heavy atom. The first-order valence-corrected chi connectivity index (χ1v) is 12.1. The first-order chi connectivity index (χ1) is 16.9. The second kappa shape index (κ2) is 9.24. The minimum absolute atomic E-state index is 0.000247. The number of ether oxygens (including phenoxy) is 1. The van der Waals surface area contributed by atoms with Gasteiger partial charge < -0.3 is 18.8 Å². The molecule has 176 valence electrons. The normalized spacial score (nSPS) is 11.3. The fourth-order valence-electron chi connectivity index (χ4n) is 3.89. The molecule has 0 atom stereocenters. The molecule has 0 aliphatic carbocycles. The highest BCUT2D eigenvalue weighted by Gasteiger charge is 2.23. The van der Waals surface area contributed by atoms with Crippen molar-refractivity contribution in [3.8, 4) is 11.5 Å². The summed E-state index contributed by atoms with van der Waals surface area (Å²) in [5.41, 5.74) is -0.132. The van der Waals surface area contributed by atoms with Crippen LogP contribution in [0.2, 0.25) is 0 Å². The van der Waals surface area contributed by atoms with Crippen molar-refractivity contribution in [2.45, 2.75) is 16.3 Å². The molecule has 2 heterocycles. The highest BCUT2D eigenvalue weighted by atomic mass is 79.9. The SMILES string of the molecule is COc1ccccc1Sc1c(O)c2c(=O)n(Cc3ccc(F)cc3)c3cc(Br)ccc3c2oc1=O. The maximum absolute atomic E-state index is 13.7. The van der Waals surface area contributed by atoms with Gasteiger partial charge in [-0.3, -0.25) is 4.79 Å². The molecule has 0 radical (unpaired) electrons. The topological polar surface area (TPSA) is 81.7 Å². The van der Waals surface area contributed by atoms with Crippen LogP contribution in [0.1, 0.15) is 5.56 Å². The van der Waals surface area contributed by atoms with Crippen molar-refractivity contribution in [1.29, 1.82) is 0 Å². The fourth-order valence-corrected chi connectivity index (χ4v) is 5.18. The van der Waals surface area contributed by atoms with E-state index in [2.05, 4.69) is 15.9 Å². The zero-order chi connectivity index (χ0) is 24.7. The lowest BCUT2D eigenvalue weighted by Gasteiger charge is -2.15. The van der Waals surface area contributed by atoms with Gasteiger partial charge in [-0.25, -0.2) is 9.18 Å². The minimum atomic E-state index is -0.772. The van der Waals surface area contributed by atoms with Crippen molar-refractivity contribution < 1.29 is 18.7 Å². The number of hydrogen-bond acceptors (Lipinski definition) is 6. The lowest BCUT2D eigenvalue weighted by molar-refractivity contribution is 0.404. The molecule has 2 aromatic heterocycles. The molecule has 5 aromatic rings. The van der Waals surface area contributed by atoms with E-state index in [9.17, 15) is 19.1 Å². The van der Waals surface area contributed by atoms with Crippen LogP contribution in [-0.4, -0.2) is 16.8 Å². The molecule has 9 heteroatoms. The molecule has 6 nitrogen and oxygen atoms in total. The van der Waals surface area contributed by atoms with Gasteiger partial charge in [0, 0.05) is 9.86 Å². The molecular formula is C26H17BrFNO5S. The molecule has 0 saturated carbocycles. The summed E-state index contributed by atoms with van der Waals surface area (Å²) in [6, 6.07) is 18.0. The average Bonchev–Trinajstić information content (AvgIpc) is 2.85. The van der Waals surface area contributed by atoms with Crippen LogP contribution in [0.15, 0.2) is 95.0 Å². The molecule has 0 spiro atoms. The van der Waals surface area contributed by atoms with Crippen molar-refractivity contribution in [1.82, 2.24) is 4.57 Å². The summed E-state index contributed by atoms with van der Waals surface area (Å²) in [6.45, 7) is 0.121. The van der Waals surface area contributed by atoms with Gasteiger partial charge in [0.05, 0.1) is 24.1 Å². The molecule has 0 aliphatic rings. The van der Waals surface area contributed by atoms with Gasteiger partial charge in [0.25, 0.3) is 5.56 Å². The van der Waals surface area contributed by atoms with E-state index in [1.807, 2.05) is 0 Å². The molecule has 35 heavy (non-hydrogen) atoms. The smallest absolute Gasteiger partial charge is 0.354 e. The summed E-state index contributed by atoms with van der Waals surface area (Å²) in [7, 11) is 1.50. The van der Waals surface area contributed by atoms with Gasteiger partial charge in [-0.05, 0) is 48.0 Å². The summed E-state index contributed by atoms with van der Waals surface area (Å²) in [5, 5.41) is 11.5. The summed E-state index contributed by atoms with van der Waals surface area (Å²) < 4.78 is 26.6. The maximum atomic E-state index is 13.7. The summed E-state index contributed by atoms with van der Waals surface area (Å²) in [6.07, 6.45) is 0. The van der Waals surface area contributed by atoms with Crippen molar-refractivity contribution >= 4 is 49.6 Å². The van der Waals surface area contributed by atoms with Gasteiger partial charge in [0.1, 0.15) is 21.8 Å². The minimum Gasteiger partial charge on any atom is -0.505 e. The fraction of sp³-hybridized carbons (Fsp3) is 0.0769. The van der Waals surface area contributed by atoms with E-state index in [0.29, 0.717) is 31.6 Å². The molecule has 5 rings (SSSR count). The number of pyridine rings is 1. The van der Waals surface area contributed by atoms with Crippen molar-refractivity contribution in [2.24, 2.45) is 0 Å². The summed E-state index contributed by atoms with van der Waals surface area (Å²) in [5.74, 6) is -0.340. The molecule has 0 amide bonds. The maximum Gasteiger partial charge on any atom is 0.354 e. The van der Waals surface area contributed by atoms with Crippen molar-refractivity contribution in [2.75, 3.05) is 7.11 Å². The van der Waals surface area contributed by atoms with E-state index in [4.69, 9.17) is 9.15 Å². The zero-order valence-electron chi connectivity index (χ0n) is 18.2. The zero-order valence-corrected chi connectivity index (χ0v) is 20.7. The molecular weight excluding hydrogens is 537 g/mol. The first kappa shape index (κ1) is 23.2. The quantitative estimate of drug-likeness (QED) is 0.272. The third-order valence-electron chi connectivity index (χ3n) is 5.55. The highest BCUT2D eigenvalue weighted by molar-refractivity contribution is 9.10. The summed E-state index contributed by atoms with van der Waals surface area (Å²) in [4.78, 5) is 27.1. The number of benzene rings is 3. The Balaban J connectivity index is 1.79. The molecule has 0 unspecified atom stereocenters. The van der Waals surface area contributed by atoms with Gasteiger partial charge in [-0.15, -0.1) is 0 Å². The van der Waals surface area contributed by atoms with E-state index >= 15 is 0 Å². The number of hydrogen-bond donors (Lipinski definition) is 1. The molecule has 0 fully saturated rings. The van der Waals surface area contributed by atoms with Gasteiger partial charge >= 0.3 is 5.63 Å². The van der Waals surface area contributed by atoms with Crippen LogP contribution >= 0.6 is 27.7 Å². The monoisotopic (exact) mass is 553 g/mol. The predicted octanol–water partition coefficient (Wildman–Crippen LogP) is 5.92. The number of fused-ring (bicyclic) bond motifs is 3. The van der Waals surface area contributed by atoms with Gasteiger partial charge in [0.15, 0.2) is 11.3 Å². The number of methoxy groups -OCH3 is 1. The Morgan fingerprint density at radius 1 is 1.09 bits per heavy atom. The van der Waals surface area contributed by atoms with E-state index < -0.39 is 16.9 Å². The standard InChI is InChI=1S/C26H17BrFNO5S/c1-33-19-4-2-3-5-20(19)35-24-22(30)21-23(34-26(24)32)17-11-8-15(27)12-18(17)29(25(21)31)13-14-6-9-16(28)10-7-14/h2-12,30H,13H2,1H3. The Bertz CT molecular complexity index is 1710. The van der Waals surface area contributed by atoms with Crippen LogP contribution in [0.4, 0.5) is 4.39 Å². The number of nitrogens with zero attached hydrogens (tertiary/aromatic N) is 1. The Kier molecular flexibility index (Phi) is 6.12. The van der Waals surface area contributed by atoms with Crippen LogP contribution in [0.3, 0.4) is 0 Å². The molecule has 0 bridgehead atoms. The number of para-hydroxylation sites is 1. The van der Waals surface area contributed by atoms with Crippen LogP contribution < -0.4 is 15.9 Å². The molecule has 3 aromatic carbocycles. The number of halogens is 2. The van der Waals surface area contributed by atoms with E-state index in [0.717, 1.165) is 11.8 Å². The second-order valence-electron chi connectivity index (χ2n) is 7.70. The van der Waals surface area contributed by atoms with Gasteiger partial charge in [0.2, 0.25) is 0 Å². The van der Waals surface area contributed by atoms with Gasteiger partial charge in [-0.1, -0.05) is 52.0 Å². The average molecular weight is 554 g/mol. The van der Waals surface area contributed by atoms with Crippen molar-refractivity contribution in [3.63, 3.8) is 0 Å². The third-order valence-corrected chi connectivity index (χ3v) is 7.16. The molecule has 0 aliphatic heterocycles. The first-order valence-electron chi connectivity index (χ1n) is 10.4. The van der Waals surface area contributed by atoms with E-state index in [-0.39, 0.29) is 28.2 Å². The summed E-state index contributed by atoms with van der Waals surface area (Å²) >= 11 is 4.38. The largest absolute Gasteiger partial charge is 0.505 e. The Labute approximate surface area is 210 Å². The lowest BCUT2D eigenvalue weighted by atomic mass is 10.1. The van der Waals surface area contributed by atoms with E-state index in [1.165, 1.54) is 23.8 Å². The van der Waals surface area contributed by atoms with Crippen LogP contribution in [0.5, 0.6) is 11.5 Å². The molecule has 1 N–H and O–H groups in total. The predicted molar refractivity (Wildman–Crippen MR) is 136 cm³/mol. The second-order valence-corrected chi connectivity index (χ2v) is 9.67. The third kappa shape index (κ3) is 4.21. The van der Waals surface area contributed by atoms with Gasteiger partial charge in [-0.2, -0.15) is 0 Å². The van der Waals surface area contributed by atoms with Crippen molar-refractivity contribution in [3.05, 3.63) is 103 Å². The highest BCUT2D eigenvalue weighted by Crippen LogP contribution is 2.40. The van der Waals surface area contributed by atoms with E-state index in [1.54, 1.807) is 54.6 Å². The molecule has 0 saturated heterocycles. The number of aromatic nitrogens is 1. The number of aromatic hydroxyl groups is 1. The lowest BCUT2D eigenvalue weighted by Crippen LogP contribution is -2.23. The Morgan fingerprint density at radius 2 is 1.83 bits per heavy atom. The number of rotatable bonds is 5. The Hall–Kier alpha value is -3.56. The van der Waals surface area contributed by atoms with Crippen LogP contribution in [0, 0.1) is 5.82 Å².